The fourth-order valence-corrected chi connectivity index (χ4v) is 3.06. The van der Waals surface area contributed by atoms with Gasteiger partial charge in [-0.25, -0.2) is 15.0 Å². The number of hydrogen-bond donors (Lipinski definition) is 2. The van der Waals surface area contributed by atoms with Crippen molar-refractivity contribution in [2.24, 2.45) is 7.05 Å². The predicted octanol–water partition coefficient (Wildman–Crippen LogP) is 2.65. The van der Waals surface area contributed by atoms with Crippen molar-refractivity contribution in [1.82, 2.24) is 29.6 Å². The van der Waals surface area contributed by atoms with Crippen LogP contribution in [-0.4, -0.2) is 62.7 Å². The summed E-state index contributed by atoms with van der Waals surface area (Å²) in [6, 6.07) is 9.06. The topological polar surface area (TPSA) is 101 Å². The summed E-state index contributed by atoms with van der Waals surface area (Å²) in [5, 5.41) is 11.1. The standard InChI is InChI=1S/C22H24N8O/c1-29(2)9-8-24-20-10-15(6-7-23-20)22(31)28-21-11-19-16(12-25-21)4-5-18(27-19)17-13-26-30(3)14-17/h4-7,10-14H,8-9H2,1-3H3,(H,23,24)(H,25,28,31). The minimum Gasteiger partial charge on any atom is -0.369 e. The zero-order chi connectivity index (χ0) is 21.8. The van der Waals surface area contributed by atoms with Gasteiger partial charge in [-0.15, -0.1) is 0 Å². The maximum absolute atomic E-state index is 12.7. The molecule has 0 unspecified atom stereocenters. The van der Waals surface area contributed by atoms with Gasteiger partial charge in [-0.1, -0.05) is 0 Å². The molecule has 0 fully saturated rings. The van der Waals surface area contributed by atoms with Gasteiger partial charge in [0.25, 0.3) is 5.91 Å². The Hall–Kier alpha value is -3.85. The number of nitrogens with zero attached hydrogens (tertiary/aromatic N) is 6. The lowest BCUT2D eigenvalue weighted by atomic mass is 10.2. The molecule has 1 amide bonds. The van der Waals surface area contributed by atoms with Gasteiger partial charge < -0.3 is 15.5 Å². The Morgan fingerprint density at radius 3 is 2.74 bits per heavy atom. The number of pyridine rings is 3. The third-order valence-electron chi connectivity index (χ3n) is 4.70. The number of anilines is 2. The van der Waals surface area contributed by atoms with E-state index in [2.05, 4.69) is 30.6 Å². The molecule has 0 saturated heterocycles. The van der Waals surface area contributed by atoms with E-state index in [9.17, 15) is 4.79 Å². The molecule has 4 aromatic heterocycles. The summed E-state index contributed by atoms with van der Waals surface area (Å²) in [6.45, 7) is 1.61. The van der Waals surface area contributed by atoms with E-state index in [1.54, 1.807) is 41.5 Å². The number of amides is 1. The Kier molecular flexibility index (Phi) is 5.85. The molecule has 9 nitrogen and oxygen atoms in total. The summed E-state index contributed by atoms with van der Waals surface area (Å²) in [4.78, 5) is 28.1. The van der Waals surface area contributed by atoms with Crippen molar-refractivity contribution in [1.29, 1.82) is 0 Å². The Morgan fingerprint density at radius 1 is 1.10 bits per heavy atom. The van der Waals surface area contributed by atoms with Crippen LogP contribution >= 0.6 is 0 Å². The van der Waals surface area contributed by atoms with Crippen molar-refractivity contribution in [3.63, 3.8) is 0 Å². The second-order valence-electron chi connectivity index (χ2n) is 7.48. The molecule has 158 valence electrons. The lowest BCUT2D eigenvalue weighted by Gasteiger charge is -2.11. The highest BCUT2D eigenvalue weighted by Gasteiger charge is 2.10. The number of carbonyl (C=O) groups is 1. The van der Waals surface area contributed by atoms with E-state index in [1.165, 1.54) is 0 Å². The van der Waals surface area contributed by atoms with Crippen molar-refractivity contribution < 1.29 is 4.79 Å². The maximum atomic E-state index is 12.7. The fourth-order valence-electron chi connectivity index (χ4n) is 3.06. The summed E-state index contributed by atoms with van der Waals surface area (Å²) in [7, 11) is 5.87. The Morgan fingerprint density at radius 2 is 1.97 bits per heavy atom. The van der Waals surface area contributed by atoms with Crippen molar-refractivity contribution >= 4 is 28.4 Å². The van der Waals surface area contributed by atoms with E-state index < -0.39 is 0 Å². The number of hydrogen-bond acceptors (Lipinski definition) is 7. The molecule has 0 aromatic carbocycles. The second-order valence-corrected chi connectivity index (χ2v) is 7.48. The highest BCUT2D eigenvalue weighted by atomic mass is 16.1. The molecule has 4 aromatic rings. The summed E-state index contributed by atoms with van der Waals surface area (Å²) in [5.41, 5.74) is 2.98. The van der Waals surface area contributed by atoms with E-state index in [1.807, 2.05) is 39.5 Å². The van der Waals surface area contributed by atoms with Crippen LogP contribution in [0.15, 0.2) is 55.1 Å². The second kappa shape index (κ2) is 8.88. The number of likely N-dealkylation sites (N-methyl/N-ethyl adjacent to an activating group) is 1. The van der Waals surface area contributed by atoms with Crippen LogP contribution in [0.5, 0.6) is 0 Å². The average molecular weight is 416 g/mol. The molecule has 0 aliphatic carbocycles. The molecule has 4 rings (SSSR count). The van der Waals surface area contributed by atoms with Crippen LogP contribution in [0, 0.1) is 0 Å². The van der Waals surface area contributed by atoms with Crippen LogP contribution in [0.1, 0.15) is 10.4 Å². The van der Waals surface area contributed by atoms with Gasteiger partial charge in [-0.05, 0) is 38.4 Å². The van der Waals surface area contributed by atoms with E-state index in [-0.39, 0.29) is 5.91 Å². The minimum atomic E-state index is -0.256. The maximum Gasteiger partial charge on any atom is 0.257 e. The smallest absolute Gasteiger partial charge is 0.257 e. The van der Waals surface area contributed by atoms with Gasteiger partial charge in [0.05, 0.1) is 17.4 Å². The van der Waals surface area contributed by atoms with Gasteiger partial charge in [-0.2, -0.15) is 5.10 Å². The van der Waals surface area contributed by atoms with Crippen LogP contribution in [0.4, 0.5) is 11.6 Å². The third kappa shape index (κ3) is 5.01. The highest BCUT2D eigenvalue weighted by molar-refractivity contribution is 6.04. The molecule has 0 aliphatic heterocycles. The summed E-state index contributed by atoms with van der Waals surface area (Å²) < 4.78 is 1.73. The van der Waals surface area contributed by atoms with Crippen LogP contribution < -0.4 is 10.6 Å². The molecular formula is C22H24N8O. The monoisotopic (exact) mass is 416 g/mol. The molecule has 31 heavy (non-hydrogen) atoms. The Labute approximate surface area is 180 Å². The number of aromatic nitrogens is 5. The lowest BCUT2D eigenvalue weighted by molar-refractivity contribution is 0.102. The average Bonchev–Trinajstić information content (AvgIpc) is 3.19. The number of aryl methyl sites for hydroxylation is 1. The van der Waals surface area contributed by atoms with E-state index in [4.69, 9.17) is 4.98 Å². The summed E-state index contributed by atoms with van der Waals surface area (Å²) in [6.07, 6.45) is 6.99. The number of rotatable bonds is 7. The highest BCUT2D eigenvalue weighted by Crippen LogP contribution is 2.22. The summed E-state index contributed by atoms with van der Waals surface area (Å²) >= 11 is 0. The van der Waals surface area contributed by atoms with Crippen molar-refractivity contribution in [3.8, 4) is 11.3 Å². The molecule has 4 heterocycles. The van der Waals surface area contributed by atoms with Crippen LogP contribution in [0.2, 0.25) is 0 Å². The minimum absolute atomic E-state index is 0.256. The zero-order valence-corrected chi connectivity index (χ0v) is 17.7. The van der Waals surface area contributed by atoms with Crippen molar-refractivity contribution in [2.45, 2.75) is 0 Å². The van der Waals surface area contributed by atoms with Gasteiger partial charge in [0.1, 0.15) is 11.6 Å². The molecule has 9 heteroatoms. The molecule has 0 atom stereocenters. The van der Waals surface area contributed by atoms with Gasteiger partial charge in [0.15, 0.2) is 0 Å². The first kappa shape index (κ1) is 20.4. The number of fused-ring (bicyclic) bond motifs is 1. The third-order valence-corrected chi connectivity index (χ3v) is 4.70. The van der Waals surface area contributed by atoms with Crippen molar-refractivity contribution in [3.05, 3.63) is 60.7 Å². The molecule has 0 radical (unpaired) electrons. The molecule has 0 spiro atoms. The molecule has 0 saturated carbocycles. The Balaban J connectivity index is 1.50. The predicted molar refractivity (Wildman–Crippen MR) is 121 cm³/mol. The van der Waals surface area contributed by atoms with Gasteiger partial charge in [0.2, 0.25) is 0 Å². The van der Waals surface area contributed by atoms with E-state index >= 15 is 0 Å². The zero-order valence-electron chi connectivity index (χ0n) is 17.7. The number of carbonyl (C=O) groups excluding carboxylic acids is 1. The first-order valence-corrected chi connectivity index (χ1v) is 9.90. The molecular weight excluding hydrogens is 392 g/mol. The molecule has 2 N–H and O–H groups in total. The molecule has 0 bridgehead atoms. The lowest BCUT2D eigenvalue weighted by Crippen LogP contribution is -2.21. The Bertz CT molecular complexity index is 1220. The van der Waals surface area contributed by atoms with Crippen molar-refractivity contribution in [2.75, 3.05) is 37.8 Å². The molecule has 0 aliphatic rings. The SMILES string of the molecule is CN(C)CCNc1cc(C(=O)Nc2cc3nc(-c4cnn(C)c4)ccc3cn2)ccn1. The van der Waals surface area contributed by atoms with Crippen LogP contribution in [0.25, 0.3) is 22.2 Å². The largest absolute Gasteiger partial charge is 0.369 e. The van der Waals surface area contributed by atoms with Crippen LogP contribution in [0.3, 0.4) is 0 Å². The number of nitrogens with one attached hydrogen (secondary N) is 2. The van der Waals surface area contributed by atoms with Gasteiger partial charge in [0, 0.05) is 61.3 Å². The van der Waals surface area contributed by atoms with Gasteiger partial charge in [-0.3, -0.25) is 9.48 Å². The van der Waals surface area contributed by atoms with Gasteiger partial charge >= 0.3 is 0 Å². The first-order chi connectivity index (χ1) is 15.0. The summed E-state index contributed by atoms with van der Waals surface area (Å²) in [5.74, 6) is 0.837. The van der Waals surface area contributed by atoms with E-state index in [0.29, 0.717) is 17.2 Å². The normalized spacial score (nSPS) is 11.1. The van der Waals surface area contributed by atoms with E-state index in [0.717, 1.165) is 35.2 Å². The van der Waals surface area contributed by atoms with Crippen LogP contribution in [-0.2, 0) is 7.05 Å². The fraction of sp³-hybridized carbons (Fsp3) is 0.227. The quantitative estimate of drug-likeness (QED) is 0.478. The first-order valence-electron chi connectivity index (χ1n) is 9.90.